The maximum Gasteiger partial charge on any atom is 0.00105 e. The van der Waals surface area contributed by atoms with E-state index in [4.69, 9.17) is 0 Å². The van der Waals surface area contributed by atoms with E-state index < -0.39 is 0 Å². The molecule has 0 radical (unpaired) electrons. The largest absolute Gasteiger partial charge is 0.314 e. The van der Waals surface area contributed by atoms with Gasteiger partial charge in [0, 0.05) is 6.04 Å². The van der Waals surface area contributed by atoms with Crippen LogP contribution in [-0.2, 0) is 0 Å². The third-order valence-corrected chi connectivity index (χ3v) is 2.56. The second-order valence-electron chi connectivity index (χ2n) is 4.67. The molecule has 0 aliphatic heterocycles. The first-order chi connectivity index (χ1) is 6.56. The summed E-state index contributed by atoms with van der Waals surface area (Å²) in [6, 6.07) is 0.610. The minimum atomic E-state index is 0.610. The fraction of sp³-hybridized carbons (Fsp3) is 0.846. The lowest BCUT2D eigenvalue weighted by atomic mass is 9.99. The summed E-state index contributed by atoms with van der Waals surface area (Å²) in [5.74, 6) is 0.837. The Balaban J connectivity index is 3.56. The van der Waals surface area contributed by atoms with Crippen molar-refractivity contribution in [2.24, 2.45) is 5.92 Å². The molecule has 0 spiro atoms. The lowest BCUT2D eigenvalue weighted by molar-refractivity contribution is 0.553. The van der Waals surface area contributed by atoms with Gasteiger partial charge in [-0.3, -0.25) is 0 Å². The van der Waals surface area contributed by atoms with Crippen LogP contribution in [0, 0.1) is 5.92 Å². The van der Waals surface area contributed by atoms with Gasteiger partial charge in [-0.15, -0.1) is 0 Å². The summed E-state index contributed by atoms with van der Waals surface area (Å²) in [5, 5.41) is 3.42. The van der Waals surface area contributed by atoms with Gasteiger partial charge in [-0.25, -0.2) is 0 Å². The minimum absolute atomic E-state index is 0.610. The van der Waals surface area contributed by atoms with Crippen LogP contribution in [0.3, 0.4) is 0 Å². The van der Waals surface area contributed by atoms with E-state index in [0.29, 0.717) is 6.04 Å². The Labute approximate surface area is 90.0 Å². The van der Waals surface area contributed by atoms with E-state index in [1.54, 1.807) is 5.57 Å². The van der Waals surface area contributed by atoms with Gasteiger partial charge in [0.25, 0.3) is 0 Å². The van der Waals surface area contributed by atoms with Crippen LogP contribution in [0.15, 0.2) is 11.6 Å². The Morgan fingerprint density at radius 2 is 1.93 bits per heavy atom. The van der Waals surface area contributed by atoms with Gasteiger partial charge < -0.3 is 5.32 Å². The highest BCUT2D eigenvalue weighted by molar-refractivity contribution is 4.98. The van der Waals surface area contributed by atoms with Crippen molar-refractivity contribution in [3.05, 3.63) is 11.6 Å². The van der Waals surface area contributed by atoms with E-state index in [1.165, 1.54) is 19.3 Å². The van der Waals surface area contributed by atoms with E-state index in [-0.39, 0.29) is 0 Å². The van der Waals surface area contributed by atoms with Crippen LogP contribution in [0.25, 0.3) is 0 Å². The zero-order valence-corrected chi connectivity index (χ0v) is 10.6. The van der Waals surface area contributed by atoms with Crippen LogP contribution in [-0.4, -0.2) is 12.6 Å². The standard InChI is InChI=1S/C13H27N/c1-6-12(4)10-13(5)8-7-9-14-11(2)3/h8,11-12,14H,6-7,9-10H2,1-5H3. The molecule has 1 unspecified atom stereocenters. The zero-order valence-electron chi connectivity index (χ0n) is 10.6. The first-order valence-electron chi connectivity index (χ1n) is 5.95. The predicted molar refractivity (Wildman–Crippen MR) is 65.6 cm³/mol. The maximum atomic E-state index is 3.42. The van der Waals surface area contributed by atoms with Gasteiger partial charge in [-0.2, -0.15) is 0 Å². The first kappa shape index (κ1) is 13.7. The Kier molecular flexibility index (Phi) is 7.87. The highest BCUT2D eigenvalue weighted by Crippen LogP contribution is 2.13. The molecular formula is C13H27N. The Morgan fingerprint density at radius 3 is 2.43 bits per heavy atom. The van der Waals surface area contributed by atoms with E-state index in [0.717, 1.165) is 12.5 Å². The van der Waals surface area contributed by atoms with Crippen LogP contribution >= 0.6 is 0 Å². The van der Waals surface area contributed by atoms with Crippen LogP contribution in [0.2, 0.25) is 0 Å². The molecule has 0 aliphatic rings. The molecule has 0 aromatic heterocycles. The lowest BCUT2D eigenvalue weighted by Crippen LogP contribution is -2.23. The van der Waals surface area contributed by atoms with Gasteiger partial charge in [0.15, 0.2) is 0 Å². The molecule has 0 heterocycles. The molecule has 14 heavy (non-hydrogen) atoms. The second-order valence-corrected chi connectivity index (χ2v) is 4.67. The predicted octanol–water partition coefficient (Wildman–Crippen LogP) is 3.76. The van der Waals surface area contributed by atoms with Crippen LogP contribution in [0.1, 0.15) is 53.9 Å². The van der Waals surface area contributed by atoms with Crippen LogP contribution < -0.4 is 5.32 Å². The molecule has 0 aromatic carbocycles. The van der Waals surface area contributed by atoms with Crippen LogP contribution in [0.5, 0.6) is 0 Å². The topological polar surface area (TPSA) is 12.0 Å². The van der Waals surface area contributed by atoms with Crippen molar-refractivity contribution in [3.8, 4) is 0 Å². The van der Waals surface area contributed by atoms with Crippen molar-refractivity contribution in [1.82, 2.24) is 5.32 Å². The average molecular weight is 197 g/mol. The van der Waals surface area contributed by atoms with Crippen LogP contribution in [0.4, 0.5) is 0 Å². The normalized spacial score (nSPS) is 14.9. The third kappa shape index (κ3) is 8.31. The minimum Gasteiger partial charge on any atom is -0.314 e. The van der Waals surface area contributed by atoms with Gasteiger partial charge in [-0.05, 0) is 32.2 Å². The number of allylic oxidation sites excluding steroid dienone is 1. The molecule has 1 atom stereocenters. The van der Waals surface area contributed by atoms with Crippen molar-refractivity contribution in [1.29, 1.82) is 0 Å². The summed E-state index contributed by atoms with van der Waals surface area (Å²) in [7, 11) is 0. The number of hydrogen-bond acceptors (Lipinski definition) is 1. The fourth-order valence-corrected chi connectivity index (χ4v) is 1.47. The molecule has 1 N–H and O–H groups in total. The van der Waals surface area contributed by atoms with Crippen molar-refractivity contribution in [3.63, 3.8) is 0 Å². The fourth-order valence-electron chi connectivity index (χ4n) is 1.47. The summed E-state index contributed by atoms with van der Waals surface area (Å²) in [6.45, 7) is 12.3. The second kappa shape index (κ2) is 8.05. The van der Waals surface area contributed by atoms with E-state index in [2.05, 4.69) is 46.0 Å². The highest BCUT2D eigenvalue weighted by atomic mass is 14.9. The molecule has 0 rings (SSSR count). The molecular weight excluding hydrogens is 170 g/mol. The Hall–Kier alpha value is -0.300. The lowest BCUT2D eigenvalue weighted by Gasteiger charge is -2.09. The number of nitrogens with one attached hydrogen (secondary N) is 1. The van der Waals surface area contributed by atoms with E-state index in [1.807, 2.05) is 0 Å². The van der Waals surface area contributed by atoms with E-state index in [9.17, 15) is 0 Å². The summed E-state index contributed by atoms with van der Waals surface area (Å²) in [6.07, 6.45) is 6.09. The molecule has 1 heteroatoms. The average Bonchev–Trinajstić information content (AvgIpc) is 2.12. The first-order valence-corrected chi connectivity index (χ1v) is 5.95. The van der Waals surface area contributed by atoms with Gasteiger partial charge in [-0.1, -0.05) is 45.8 Å². The summed E-state index contributed by atoms with van der Waals surface area (Å²) >= 11 is 0. The van der Waals surface area contributed by atoms with Gasteiger partial charge in [0.1, 0.15) is 0 Å². The number of rotatable bonds is 7. The van der Waals surface area contributed by atoms with Crippen molar-refractivity contribution in [2.75, 3.05) is 6.54 Å². The molecule has 0 aromatic rings. The number of hydrogen-bond donors (Lipinski definition) is 1. The van der Waals surface area contributed by atoms with E-state index >= 15 is 0 Å². The van der Waals surface area contributed by atoms with Gasteiger partial charge >= 0.3 is 0 Å². The molecule has 1 nitrogen and oxygen atoms in total. The van der Waals surface area contributed by atoms with Gasteiger partial charge in [0.2, 0.25) is 0 Å². The summed E-state index contributed by atoms with van der Waals surface area (Å²) in [4.78, 5) is 0. The monoisotopic (exact) mass is 197 g/mol. The Bertz CT molecular complexity index is 159. The highest BCUT2D eigenvalue weighted by Gasteiger charge is 1.99. The molecule has 0 saturated carbocycles. The molecule has 0 bridgehead atoms. The Morgan fingerprint density at radius 1 is 1.29 bits per heavy atom. The smallest absolute Gasteiger partial charge is 0.00105 e. The van der Waals surface area contributed by atoms with Crippen molar-refractivity contribution >= 4 is 0 Å². The maximum absolute atomic E-state index is 3.42. The van der Waals surface area contributed by atoms with Crippen molar-refractivity contribution < 1.29 is 0 Å². The van der Waals surface area contributed by atoms with Crippen molar-refractivity contribution in [2.45, 2.75) is 59.9 Å². The molecule has 0 aliphatic carbocycles. The quantitative estimate of drug-likeness (QED) is 0.484. The van der Waals surface area contributed by atoms with Gasteiger partial charge in [0.05, 0.1) is 0 Å². The molecule has 0 amide bonds. The summed E-state index contributed by atoms with van der Waals surface area (Å²) in [5.41, 5.74) is 1.55. The SMILES string of the molecule is CCC(C)CC(C)=CCCNC(C)C. The summed E-state index contributed by atoms with van der Waals surface area (Å²) < 4.78 is 0. The molecule has 0 fully saturated rings. The third-order valence-electron chi connectivity index (χ3n) is 2.56. The molecule has 84 valence electrons. The zero-order chi connectivity index (χ0) is 11.0. The molecule has 0 saturated heterocycles.